The average molecular weight is 243 g/mol. The van der Waals surface area contributed by atoms with Crippen molar-refractivity contribution in [3.8, 4) is 0 Å². The molecule has 0 bridgehead atoms. The minimum Gasteiger partial charge on any atom is -0.409 e. The summed E-state index contributed by atoms with van der Waals surface area (Å²) >= 11 is 0. The summed E-state index contributed by atoms with van der Waals surface area (Å²) in [6.07, 6.45) is -4.53. The zero-order valence-corrected chi connectivity index (χ0v) is 9.16. The zero-order valence-electron chi connectivity index (χ0n) is 9.16. The minimum atomic E-state index is -4.53. The number of hydrogen-bond donors (Lipinski definition) is 2. The molecule has 16 heavy (non-hydrogen) atoms. The maximum Gasteiger partial charge on any atom is 0.400 e. The highest BCUT2D eigenvalue weighted by Crippen LogP contribution is 2.26. The molecule has 0 spiro atoms. The van der Waals surface area contributed by atoms with E-state index in [1.165, 1.54) is 19.1 Å². The normalized spacial score (nSPS) is 15.5. The molecule has 0 saturated carbocycles. The molecular weight excluding hydrogens is 227 g/mol. The van der Waals surface area contributed by atoms with Crippen LogP contribution >= 0.6 is 0 Å². The zero-order chi connectivity index (χ0) is 12.8. The Labute approximate surface area is 91.6 Å². The molecule has 0 heterocycles. The van der Waals surface area contributed by atoms with Gasteiger partial charge in [0.25, 0.3) is 0 Å². The lowest BCUT2D eigenvalue weighted by Crippen LogP contribution is -2.44. The third-order valence-electron chi connectivity index (χ3n) is 2.04. The number of amidine groups is 1. The second-order valence-electron chi connectivity index (χ2n) is 3.37. The molecule has 0 fully saturated rings. The molecule has 0 amide bonds. The van der Waals surface area contributed by atoms with Gasteiger partial charge in [-0.25, -0.2) is 0 Å². The van der Waals surface area contributed by atoms with E-state index in [2.05, 4.69) is 5.16 Å². The van der Waals surface area contributed by atoms with Crippen molar-refractivity contribution < 1.29 is 23.1 Å². The van der Waals surface area contributed by atoms with Gasteiger partial charge in [0.05, 0.1) is 6.61 Å². The predicted molar refractivity (Wildman–Crippen MR) is 52.3 cm³/mol. The highest BCUT2D eigenvalue weighted by Gasteiger charge is 2.43. The van der Waals surface area contributed by atoms with Gasteiger partial charge in [-0.2, -0.15) is 13.2 Å². The molecule has 0 aromatic rings. The molecule has 5 nitrogen and oxygen atoms in total. The first-order valence-corrected chi connectivity index (χ1v) is 4.54. The molecule has 0 saturated heterocycles. The lowest BCUT2D eigenvalue weighted by Gasteiger charge is -2.24. The van der Waals surface area contributed by atoms with E-state index in [-0.39, 0.29) is 6.54 Å². The molecule has 0 aromatic heterocycles. The molecule has 3 N–H and O–H groups in total. The van der Waals surface area contributed by atoms with Gasteiger partial charge in [0.2, 0.25) is 0 Å². The van der Waals surface area contributed by atoms with Gasteiger partial charge in [0, 0.05) is 20.2 Å². The number of ether oxygens (including phenoxy) is 1. The topological polar surface area (TPSA) is 71.1 Å². The van der Waals surface area contributed by atoms with E-state index in [1.54, 1.807) is 0 Å². The smallest absolute Gasteiger partial charge is 0.400 e. The van der Waals surface area contributed by atoms with Crippen molar-refractivity contribution >= 4 is 5.84 Å². The van der Waals surface area contributed by atoms with Gasteiger partial charge in [0.1, 0.15) is 5.92 Å². The summed E-state index contributed by atoms with van der Waals surface area (Å²) in [6, 6.07) is 0. The molecular formula is C8H16F3N3O2. The Morgan fingerprint density at radius 1 is 1.56 bits per heavy atom. The fourth-order valence-corrected chi connectivity index (χ4v) is 1.08. The Morgan fingerprint density at radius 2 is 2.12 bits per heavy atom. The standard InChI is InChI=1S/C8H16F3N3O2/c1-14(3-4-16-2)5-6(7(12)13-15)8(9,10)11/h6,15H,3-5H2,1-2H3,(H2,12,13). The molecule has 8 heteroatoms. The summed E-state index contributed by atoms with van der Waals surface area (Å²) in [5.41, 5.74) is 5.00. The Balaban J connectivity index is 4.45. The van der Waals surface area contributed by atoms with Crippen molar-refractivity contribution in [2.75, 3.05) is 33.9 Å². The van der Waals surface area contributed by atoms with Crippen molar-refractivity contribution in [2.24, 2.45) is 16.8 Å². The van der Waals surface area contributed by atoms with Crippen molar-refractivity contribution in [1.82, 2.24) is 4.90 Å². The van der Waals surface area contributed by atoms with Gasteiger partial charge in [-0.3, -0.25) is 0 Å². The summed E-state index contributed by atoms with van der Waals surface area (Å²) in [6.45, 7) is 0.280. The lowest BCUT2D eigenvalue weighted by atomic mass is 10.1. The number of rotatable bonds is 6. The van der Waals surface area contributed by atoms with Crippen LogP contribution in [-0.2, 0) is 4.74 Å². The Kier molecular flexibility index (Phi) is 6.12. The number of alkyl halides is 3. The third kappa shape index (κ3) is 5.17. The van der Waals surface area contributed by atoms with E-state index in [4.69, 9.17) is 15.7 Å². The monoisotopic (exact) mass is 243 g/mol. The summed E-state index contributed by atoms with van der Waals surface area (Å²) in [4.78, 5) is 1.40. The summed E-state index contributed by atoms with van der Waals surface area (Å²) < 4.78 is 42.3. The van der Waals surface area contributed by atoms with Crippen molar-refractivity contribution in [1.29, 1.82) is 0 Å². The molecule has 1 atom stereocenters. The van der Waals surface area contributed by atoms with Crippen molar-refractivity contribution in [2.45, 2.75) is 6.18 Å². The predicted octanol–water partition coefficient (Wildman–Crippen LogP) is 0.490. The number of hydrogen-bond acceptors (Lipinski definition) is 4. The van der Waals surface area contributed by atoms with Gasteiger partial charge >= 0.3 is 6.18 Å². The number of likely N-dealkylation sites (N-methyl/N-ethyl adjacent to an activating group) is 1. The fraction of sp³-hybridized carbons (Fsp3) is 0.875. The van der Waals surface area contributed by atoms with Gasteiger partial charge in [0.15, 0.2) is 5.84 Å². The second-order valence-corrected chi connectivity index (χ2v) is 3.37. The van der Waals surface area contributed by atoms with Gasteiger partial charge in [-0.05, 0) is 7.05 Å². The van der Waals surface area contributed by atoms with E-state index in [1.807, 2.05) is 0 Å². The van der Waals surface area contributed by atoms with Gasteiger partial charge < -0.3 is 20.6 Å². The molecule has 0 aliphatic carbocycles. The number of methoxy groups -OCH3 is 1. The molecule has 0 aliphatic rings. The SMILES string of the molecule is COCCN(C)CC(C(N)=NO)C(F)(F)F. The van der Waals surface area contributed by atoms with Crippen LogP contribution in [0.4, 0.5) is 13.2 Å². The maximum atomic E-state index is 12.5. The first-order valence-electron chi connectivity index (χ1n) is 4.54. The fourth-order valence-electron chi connectivity index (χ4n) is 1.08. The van der Waals surface area contributed by atoms with E-state index in [0.717, 1.165) is 0 Å². The van der Waals surface area contributed by atoms with E-state index >= 15 is 0 Å². The molecule has 0 aliphatic heterocycles. The second kappa shape index (κ2) is 6.54. The van der Waals surface area contributed by atoms with E-state index in [0.29, 0.717) is 13.2 Å². The molecule has 0 radical (unpaired) electrons. The Bertz CT molecular complexity index is 233. The molecule has 1 unspecified atom stereocenters. The van der Waals surface area contributed by atoms with E-state index < -0.39 is 17.9 Å². The lowest BCUT2D eigenvalue weighted by molar-refractivity contribution is -0.159. The summed E-state index contributed by atoms with van der Waals surface area (Å²) in [7, 11) is 2.96. The van der Waals surface area contributed by atoms with Crippen LogP contribution in [0.3, 0.4) is 0 Å². The van der Waals surface area contributed by atoms with E-state index in [9.17, 15) is 13.2 Å². The Hall–Kier alpha value is -1.02. The molecule has 96 valence electrons. The largest absolute Gasteiger partial charge is 0.409 e. The summed E-state index contributed by atoms with van der Waals surface area (Å²) in [5.74, 6) is -2.81. The Morgan fingerprint density at radius 3 is 2.50 bits per heavy atom. The third-order valence-corrected chi connectivity index (χ3v) is 2.04. The quantitative estimate of drug-likeness (QED) is 0.308. The van der Waals surface area contributed by atoms with Crippen LogP contribution in [0.15, 0.2) is 5.16 Å². The minimum absolute atomic E-state index is 0.317. The highest BCUT2D eigenvalue weighted by atomic mass is 19.4. The number of nitrogens with zero attached hydrogens (tertiary/aromatic N) is 2. The van der Waals surface area contributed by atoms with Crippen LogP contribution in [0, 0.1) is 5.92 Å². The maximum absolute atomic E-state index is 12.5. The first-order chi connectivity index (χ1) is 7.32. The average Bonchev–Trinajstić information content (AvgIpc) is 2.20. The van der Waals surface area contributed by atoms with Crippen molar-refractivity contribution in [3.05, 3.63) is 0 Å². The van der Waals surface area contributed by atoms with Gasteiger partial charge in [-0.15, -0.1) is 0 Å². The van der Waals surface area contributed by atoms with Crippen LogP contribution in [-0.4, -0.2) is 56.0 Å². The molecule has 0 aromatic carbocycles. The first kappa shape index (κ1) is 15.0. The number of halogens is 3. The summed E-state index contributed by atoms with van der Waals surface area (Å²) in [5, 5.41) is 10.7. The van der Waals surface area contributed by atoms with Crippen molar-refractivity contribution in [3.63, 3.8) is 0 Å². The van der Waals surface area contributed by atoms with Gasteiger partial charge in [-0.1, -0.05) is 5.16 Å². The number of oxime groups is 1. The van der Waals surface area contributed by atoms with Crippen LogP contribution in [0.5, 0.6) is 0 Å². The van der Waals surface area contributed by atoms with Crippen LogP contribution in [0.25, 0.3) is 0 Å². The van der Waals surface area contributed by atoms with Crippen LogP contribution < -0.4 is 5.73 Å². The van der Waals surface area contributed by atoms with Crippen LogP contribution in [0.2, 0.25) is 0 Å². The van der Waals surface area contributed by atoms with Crippen LogP contribution in [0.1, 0.15) is 0 Å². The molecule has 0 rings (SSSR count). The highest BCUT2D eigenvalue weighted by molar-refractivity contribution is 5.83. The number of nitrogens with two attached hydrogens (primary N) is 1.